The van der Waals surface area contributed by atoms with Gasteiger partial charge in [0.1, 0.15) is 0 Å². The van der Waals surface area contributed by atoms with Gasteiger partial charge in [0.15, 0.2) is 0 Å². The first-order valence-corrected chi connectivity index (χ1v) is 7.92. The van der Waals surface area contributed by atoms with Gasteiger partial charge in [-0.05, 0) is 11.1 Å². The van der Waals surface area contributed by atoms with Gasteiger partial charge < -0.3 is 19.7 Å². The van der Waals surface area contributed by atoms with E-state index in [1.54, 1.807) is 0 Å². The summed E-state index contributed by atoms with van der Waals surface area (Å²) < 4.78 is 9.84. The minimum atomic E-state index is -0.796. The maximum absolute atomic E-state index is 11.5. The van der Waals surface area contributed by atoms with Crippen molar-refractivity contribution in [3.8, 4) is 0 Å². The lowest BCUT2D eigenvalue weighted by Gasteiger charge is -2.12. The summed E-state index contributed by atoms with van der Waals surface area (Å²) in [4.78, 5) is 11.5. The van der Waals surface area contributed by atoms with Crippen molar-refractivity contribution < 1.29 is 24.5 Å². The third kappa shape index (κ3) is 6.02. The Balaban J connectivity index is 1.60. The first kappa shape index (κ1) is 18.0. The molecule has 0 aromatic heterocycles. The van der Waals surface area contributed by atoms with E-state index >= 15 is 0 Å². The smallest absolute Gasteiger partial charge is 0.434 e. The highest BCUT2D eigenvalue weighted by atomic mass is 16.7. The summed E-state index contributed by atoms with van der Waals surface area (Å²) in [5.41, 5.74) is 1.56. The average molecular weight is 330 g/mol. The predicted octanol–water partition coefficient (Wildman–Crippen LogP) is 3.39. The van der Waals surface area contributed by atoms with Crippen LogP contribution in [0.1, 0.15) is 36.2 Å². The zero-order valence-electron chi connectivity index (χ0n) is 13.4. The highest BCUT2D eigenvalue weighted by molar-refractivity contribution is 5.59. The number of aliphatic hydroxyl groups is 2. The number of benzene rings is 2. The number of ether oxygens (including phenoxy) is 2. The number of hydrogen-bond donors (Lipinski definition) is 2. The van der Waals surface area contributed by atoms with Gasteiger partial charge in [0, 0.05) is 12.8 Å². The van der Waals surface area contributed by atoms with Gasteiger partial charge in [-0.1, -0.05) is 60.7 Å². The Morgan fingerprint density at radius 1 is 0.750 bits per heavy atom. The molecule has 0 spiro atoms. The van der Waals surface area contributed by atoms with Crippen molar-refractivity contribution in [3.05, 3.63) is 71.8 Å². The summed E-state index contributed by atoms with van der Waals surface area (Å²) in [5.74, 6) is 0. The van der Waals surface area contributed by atoms with E-state index < -0.39 is 18.4 Å². The van der Waals surface area contributed by atoms with Gasteiger partial charge in [0.05, 0.1) is 25.4 Å². The Labute approximate surface area is 141 Å². The summed E-state index contributed by atoms with van der Waals surface area (Å²) in [7, 11) is 0. The lowest BCUT2D eigenvalue weighted by molar-refractivity contribution is 0.0333. The maximum atomic E-state index is 11.5. The summed E-state index contributed by atoms with van der Waals surface area (Å²) in [6.45, 7) is 0.131. The summed E-state index contributed by atoms with van der Waals surface area (Å²) in [5, 5.41) is 19.9. The molecule has 0 amide bonds. The predicted molar refractivity (Wildman–Crippen MR) is 89.3 cm³/mol. The molecule has 0 heterocycles. The van der Waals surface area contributed by atoms with Crippen LogP contribution >= 0.6 is 0 Å². The van der Waals surface area contributed by atoms with Crippen molar-refractivity contribution in [1.29, 1.82) is 0 Å². The molecule has 2 aromatic rings. The molecule has 2 aromatic carbocycles. The zero-order chi connectivity index (χ0) is 17.2. The van der Waals surface area contributed by atoms with Crippen molar-refractivity contribution >= 4 is 6.16 Å². The second-order valence-corrected chi connectivity index (χ2v) is 5.38. The van der Waals surface area contributed by atoms with Gasteiger partial charge >= 0.3 is 6.16 Å². The van der Waals surface area contributed by atoms with E-state index in [9.17, 15) is 15.0 Å². The fourth-order valence-corrected chi connectivity index (χ4v) is 2.23. The molecule has 2 N–H and O–H groups in total. The molecule has 0 saturated heterocycles. The van der Waals surface area contributed by atoms with Crippen LogP contribution in [-0.2, 0) is 9.47 Å². The Bertz CT molecular complexity index is 546. The maximum Gasteiger partial charge on any atom is 0.508 e. The number of hydrogen-bond acceptors (Lipinski definition) is 5. The molecule has 0 fully saturated rings. The Kier molecular flexibility index (Phi) is 7.26. The van der Waals surface area contributed by atoms with Crippen molar-refractivity contribution in [2.24, 2.45) is 0 Å². The summed E-state index contributed by atoms with van der Waals surface area (Å²) in [6, 6.07) is 18.3. The van der Waals surface area contributed by atoms with Crippen LogP contribution in [0.25, 0.3) is 0 Å². The molecular formula is C19H22O5. The topological polar surface area (TPSA) is 76.0 Å². The number of carbonyl (C=O) groups is 1. The Morgan fingerprint density at radius 2 is 1.12 bits per heavy atom. The Hall–Kier alpha value is -2.37. The molecule has 0 radical (unpaired) electrons. The molecule has 128 valence electrons. The minimum absolute atomic E-state index is 0.0656. The molecular weight excluding hydrogens is 308 g/mol. The van der Waals surface area contributed by atoms with Gasteiger partial charge in [-0.3, -0.25) is 0 Å². The van der Waals surface area contributed by atoms with Crippen molar-refractivity contribution in [2.45, 2.75) is 25.0 Å². The van der Waals surface area contributed by atoms with Crippen LogP contribution in [0.15, 0.2) is 60.7 Å². The second-order valence-electron chi connectivity index (χ2n) is 5.38. The molecule has 0 aliphatic heterocycles. The fraction of sp³-hybridized carbons (Fsp3) is 0.316. The fourth-order valence-electron chi connectivity index (χ4n) is 2.23. The van der Waals surface area contributed by atoms with Crippen molar-refractivity contribution in [2.75, 3.05) is 13.2 Å². The molecule has 5 nitrogen and oxygen atoms in total. The molecule has 0 saturated carbocycles. The first-order chi connectivity index (χ1) is 11.7. The molecule has 24 heavy (non-hydrogen) atoms. The van der Waals surface area contributed by atoms with Crippen molar-refractivity contribution in [1.82, 2.24) is 0 Å². The lowest BCUT2D eigenvalue weighted by Crippen LogP contribution is -2.13. The number of carbonyl (C=O) groups excluding carboxylic acids is 1. The second kappa shape index (κ2) is 9.70. The third-order valence-electron chi connectivity index (χ3n) is 3.59. The van der Waals surface area contributed by atoms with Crippen LogP contribution in [0.2, 0.25) is 0 Å². The monoisotopic (exact) mass is 330 g/mol. The largest absolute Gasteiger partial charge is 0.508 e. The normalized spacial score (nSPS) is 13.1. The van der Waals surface area contributed by atoms with Crippen LogP contribution in [0.5, 0.6) is 0 Å². The van der Waals surface area contributed by atoms with E-state index in [4.69, 9.17) is 9.47 Å². The van der Waals surface area contributed by atoms with E-state index in [-0.39, 0.29) is 13.2 Å². The van der Waals surface area contributed by atoms with Crippen molar-refractivity contribution in [3.63, 3.8) is 0 Å². The molecule has 0 aliphatic rings. The van der Waals surface area contributed by atoms with Gasteiger partial charge in [-0.25, -0.2) is 4.79 Å². The third-order valence-corrected chi connectivity index (χ3v) is 3.59. The lowest BCUT2D eigenvalue weighted by atomic mass is 10.1. The van der Waals surface area contributed by atoms with E-state index in [1.807, 2.05) is 60.7 Å². The van der Waals surface area contributed by atoms with Crippen LogP contribution in [0, 0.1) is 0 Å². The highest BCUT2D eigenvalue weighted by Gasteiger charge is 2.11. The number of rotatable bonds is 8. The van der Waals surface area contributed by atoms with Crippen LogP contribution in [0.3, 0.4) is 0 Å². The summed E-state index contributed by atoms with van der Waals surface area (Å²) >= 11 is 0. The zero-order valence-corrected chi connectivity index (χ0v) is 13.4. The van der Waals surface area contributed by atoms with E-state index in [2.05, 4.69) is 0 Å². The molecule has 5 heteroatoms. The number of aliphatic hydroxyl groups excluding tert-OH is 2. The van der Waals surface area contributed by atoms with Gasteiger partial charge in [0.2, 0.25) is 0 Å². The summed E-state index contributed by atoms with van der Waals surface area (Å²) in [6.07, 6.45) is -1.56. The highest BCUT2D eigenvalue weighted by Crippen LogP contribution is 2.17. The van der Waals surface area contributed by atoms with Gasteiger partial charge in [-0.15, -0.1) is 0 Å². The SMILES string of the molecule is O=C(OCCC(O)c1ccccc1)OCCC(O)c1ccccc1. The quantitative estimate of drug-likeness (QED) is 0.726. The molecule has 0 bridgehead atoms. The average Bonchev–Trinajstić information content (AvgIpc) is 2.63. The molecule has 0 aliphatic carbocycles. The molecule has 2 rings (SSSR count). The van der Waals surface area contributed by atoms with E-state index in [0.29, 0.717) is 12.8 Å². The molecule has 2 atom stereocenters. The van der Waals surface area contributed by atoms with Crippen LogP contribution in [0.4, 0.5) is 4.79 Å². The van der Waals surface area contributed by atoms with E-state index in [1.165, 1.54) is 0 Å². The van der Waals surface area contributed by atoms with E-state index in [0.717, 1.165) is 11.1 Å². The first-order valence-electron chi connectivity index (χ1n) is 7.92. The van der Waals surface area contributed by atoms with Gasteiger partial charge in [0.25, 0.3) is 0 Å². The standard InChI is InChI=1S/C19H22O5/c20-17(15-7-3-1-4-8-15)11-13-23-19(22)24-14-12-18(21)16-9-5-2-6-10-16/h1-10,17-18,20-21H,11-14H2. The molecule has 2 unspecified atom stereocenters. The Morgan fingerprint density at radius 3 is 1.50 bits per heavy atom. The van der Waals surface area contributed by atoms with Crippen LogP contribution in [-0.4, -0.2) is 29.6 Å². The van der Waals surface area contributed by atoms with Gasteiger partial charge in [-0.2, -0.15) is 0 Å². The minimum Gasteiger partial charge on any atom is -0.434 e. The van der Waals surface area contributed by atoms with Crippen LogP contribution < -0.4 is 0 Å².